The smallest absolute Gasteiger partial charge is 0.256 e. The summed E-state index contributed by atoms with van der Waals surface area (Å²) in [7, 11) is 0. The Morgan fingerprint density at radius 3 is 2.15 bits per heavy atom. The first kappa shape index (κ1) is 21.0. The summed E-state index contributed by atoms with van der Waals surface area (Å²) in [6.07, 6.45) is 3.47. The van der Waals surface area contributed by atoms with E-state index in [2.05, 4.69) is 19.8 Å². The number of hydrogen-bond donors (Lipinski definition) is 0. The molecular formula is C23H20ClN7O2. The molecule has 5 rings (SSSR count). The van der Waals surface area contributed by atoms with Crippen molar-refractivity contribution in [2.24, 2.45) is 0 Å². The highest BCUT2D eigenvalue weighted by Crippen LogP contribution is 2.22. The van der Waals surface area contributed by atoms with Crippen molar-refractivity contribution in [2.75, 3.05) is 36.0 Å². The minimum Gasteiger partial charge on any atom is -0.337 e. The van der Waals surface area contributed by atoms with Gasteiger partial charge in [-0.05, 0) is 54.9 Å². The number of halogens is 1. The lowest BCUT2D eigenvalue weighted by atomic mass is 10.2. The average molecular weight is 462 g/mol. The molecule has 0 atom stereocenters. The van der Waals surface area contributed by atoms with Gasteiger partial charge in [0.2, 0.25) is 11.9 Å². The van der Waals surface area contributed by atoms with Crippen LogP contribution in [0.15, 0.2) is 59.7 Å². The number of piperazine rings is 1. The molecule has 0 spiro atoms. The Kier molecular flexibility index (Phi) is 5.47. The first-order valence-corrected chi connectivity index (χ1v) is 10.9. The lowest BCUT2D eigenvalue weighted by Gasteiger charge is -2.34. The normalized spacial score (nSPS) is 14.0. The number of rotatable bonds is 4. The monoisotopic (exact) mass is 461 g/mol. The van der Waals surface area contributed by atoms with Gasteiger partial charge in [0, 0.05) is 55.6 Å². The van der Waals surface area contributed by atoms with Crippen LogP contribution in [0.4, 0.5) is 11.9 Å². The summed E-state index contributed by atoms with van der Waals surface area (Å²) in [4.78, 5) is 46.6. The zero-order chi connectivity index (χ0) is 22.9. The van der Waals surface area contributed by atoms with Crippen LogP contribution in [0.5, 0.6) is 0 Å². The van der Waals surface area contributed by atoms with Crippen LogP contribution in [0.3, 0.4) is 0 Å². The highest BCUT2D eigenvalue weighted by Gasteiger charge is 2.22. The van der Waals surface area contributed by atoms with Crippen LogP contribution in [0.2, 0.25) is 0 Å². The molecule has 0 N–H and O–H groups in total. The maximum Gasteiger partial charge on any atom is 0.256 e. The first-order chi connectivity index (χ1) is 16.0. The molecule has 4 heterocycles. The van der Waals surface area contributed by atoms with Crippen molar-refractivity contribution in [3.8, 4) is 5.69 Å². The average Bonchev–Trinajstić information content (AvgIpc) is 2.84. The second kappa shape index (κ2) is 8.59. The van der Waals surface area contributed by atoms with Gasteiger partial charge in [-0.2, -0.15) is 4.98 Å². The summed E-state index contributed by atoms with van der Waals surface area (Å²) < 4.78 is 1.53. The van der Waals surface area contributed by atoms with E-state index >= 15 is 0 Å². The number of hydrogen-bond acceptors (Lipinski definition) is 8. The highest BCUT2D eigenvalue weighted by molar-refractivity contribution is 6.67. The van der Waals surface area contributed by atoms with E-state index in [9.17, 15) is 9.59 Å². The van der Waals surface area contributed by atoms with Crippen molar-refractivity contribution in [2.45, 2.75) is 6.92 Å². The van der Waals surface area contributed by atoms with E-state index in [0.717, 1.165) is 24.2 Å². The SMILES string of the molecule is Cc1nc(N2CCN(c3ncccn3)CC2)nc2c1ccc(=O)n2-c1ccc(C(=O)Cl)cc1. The van der Waals surface area contributed by atoms with Crippen molar-refractivity contribution in [3.05, 3.63) is 76.5 Å². The number of carbonyl (C=O) groups is 1. The van der Waals surface area contributed by atoms with Gasteiger partial charge in [-0.3, -0.25) is 14.2 Å². The summed E-state index contributed by atoms with van der Waals surface area (Å²) in [5.41, 5.74) is 2.04. The van der Waals surface area contributed by atoms with E-state index in [4.69, 9.17) is 21.6 Å². The third-order valence-corrected chi connectivity index (χ3v) is 5.90. The molecule has 4 aromatic rings. The van der Waals surface area contributed by atoms with Crippen LogP contribution in [-0.4, -0.2) is 55.9 Å². The molecule has 0 radical (unpaired) electrons. The van der Waals surface area contributed by atoms with Gasteiger partial charge >= 0.3 is 0 Å². The Labute approximate surface area is 194 Å². The number of pyridine rings is 1. The van der Waals surface area contributed by atoms with Gasteiger partial charge in [0.05, 0.1) is 11.4 Å². The van der Waals surface area contributed by atoms with E-state index in [0.29, 0.717) is 41.9 Å². The Morgan fingerprint density at radius 1 is 0.879 bits per heavy atom. The molecule has 0 unspecified atom stereocenters. The van der Waals surface area contributed by atoms with Crippen molar-refractivity contribution >= 4 is 39.8 Å². The van der Waals surface area contributed by atoms with Crippen LogP contribution >= 0.6 is 11.6 Å². The Hall–Kier alpha value is -3.85. The Bertz CT molecular complexity index is 1380. The molecule has 1 aliphatic heterocycles. The van der Waals surface area contributed by atoms with Gasteiger partial charge in [0.25, 0.3) is 10.8 Å². The molecule has 1 fully saturated rings. The molecule has 0 saturated carbocycles. The molecule has 9 nitrogen and oxygen atoms in total. The first-order valence-electron chi connectivity index (χ1n) is 10.5. The van der Waals surface area contributed by atoms with Gasteiger partial charge in [0.15, 0.2) is 5.65 Å². The van der Waals surface area contributed by atoms with Gasteiger partial charge in [-0.1, -0.05) is 0 Å². The molecular weight excluding hydrogens is 442 g/mol. The molecule has 0 aliphatic carbocycles. The molecule has 1 aromatic carbocycles. The van der Waals surface area contributed by atoms with Gasteiger partial charge < -0.3 is 9.80 Å². The molecule has 33 heavy (non-hydrogen) atoms. The van der Waals surface area contributed by atoms with Crippen molar-refractivity contribution in [1.29, 1.82) is 0 Å². The topological polar surface area (TPSA) is 97.1 Å². The number of aryl methyl sites for hydroxylation is 1. The maximum absolute atomic E-state index is 12.8. The molecule has 166 valence electrons. The van der Waals surface area contributed by atoms with E-state index in [1.54, 1.807) is 48.8 Å². The summed E-state index contributed by atoms with van der Waals surface area (Å²) in [6, 6.07) is 11.6. The standard InChI is InChI=1S/C23H20ClN7O2/c1-15-18-7-8-19(32)31(17-5-3-16(4-6-17)20(24)33)21(18)28-23(27-15)30-13-11-29(12-14-30)22-25-9-2-10-26-22/h2-10H,11-14H2,1H3. The zero-order valence-corrected chi connectivity index (χ0v) is 18.6. The summed E-state index contributed by atoms with van der Waals surface area (Å²) in [5.74, 6) is 1.28. The second-order valence-corrected chi connectivity index (χ2v) is 8.04. The van der Waals surface area contributed by atoms with E-state index in [1.807, 2.05) is 6.92 Å². The number of anilines is 2. The highest BCUT2D eigenvalue weighted by atomic mass is 35.5. The summed E-state index contributed by atoms with van der Waals surface area (Å²) in [5, 5.41) is 0.236. The lowest BCUT2D eigenvalue weighted by molar-refractivity contribution is 0.108. The number of nitrogens with zero attached hydrogens (tertiary/aromatic N) is 7. The number of fused-ring (bicyclic) bond motifs is 1. The minimum absolute atomic E-state index is 0.220. The van der Waals surface area contributed by atoms with Crippen LogP contribution in [0, 0.1) is 6.92 Å². The molecule has 3 aromatic heterocycles. The Balaban J connectivity index is 1.51. The largest absolute Gasteiger partial charge is 0.337 e. The predicted octanol–water partition coefficient (Wildman–Crippen LogP) is 2.58. The molecule has 0 amide bonds. The van der Waals surface area contributed by atoms with Crippen molar-refractivity contribution in [1.82, 2.24) is 24.5 Å². The van der Waals surface area contributed by atoms with E-state index in [-0.39, 0.29) is 5.56 Å². The van der Waals surface area contributed by atoms with Gasteiger partial charge in [0.1, 0.15) is 0 Å². The van der Waals surface area contributed by atoms with Gasteiger partial charge in [-0.15, -0.1) is 0 Å². The van der Waals surface area contributed by atoms with Crippen LogP contribution in [-0.2, 0) is 0 Å². The summed E-state index contributed by atoms with van der Waals surface area (Å²) in [6.45, 7) is 4.78. The van der Waals surface area contributed by atoms with Crippen molar-refractivity contribution < 1.29 is 4.79 Å². The van der Waals surface area contributed by atoms with Crippen LogP contribution in [0.1, 0.15) is 16.1 Å². The summed E-state index contributed by atoms with van der Waals surface area (Å²) >= 11 is 5.56. The van der Waals surface area contributed by atoms with Crippen LogP contribution in [0.25, 0.3) is 16.7 Å². The second-order valence-electron chi connectivity index (χ2n) is 7.70. The third kappa shape index (κ3) is 4.03. The molecule has 1 aliphatic rings. The fourth-order valence-electron chi connectivity index (χ4n) is 3.94. The maximum atomic E-state index is 12.8. The molecule has 10 heteroatoms. The van der Waals surface area contributed by atoms with Crippen LogP contribution < -0.4 is 15.4 Å². The minimum atomic E-state index is -0.549. The fourth-order valence-corrected chi connectivity index (χ4v) is 4.07. The molecule has 1 saturated heterocycles. The van der Waals surface area contributed by atoms with E-state index < -0.39 is 5.24 Å². The lowest BCUT2D eigenvalue weighted by Crippen LogP contribution is -2.47. The number of benzene rings is 1. The van der Waals surface area contributed by atoms with E-state index in [1.165, 1.54) is 10.6 Å². The van der Waals surface area contributed by atoms with Crippen molar-refractivity contribution in [3.63, 3.8) is 0 Å². The zero-order valence-electron chi connectivity index (χ0n) is 17.8. The third-order valence-electron chi connectivity index (χ3n) is 5.68. The predicted molar refractivity (Wildman–Crippen MR) is 127 cm³/mol. The number of aromatic nitrogens is 5. The quantitative estimate of drug-likeness (QED) is 0.428. The number of carbonyl (C=O) groups excluding carboxylic acids is 1. The fraction of sp³-hybridized carbons (Fsp3) is 0.217. The Morgan fingerprint density at radius 2 is 1.52 bits per heavy atom. The molecule has 0 bridgehead atoms. The van der Waals surface area contributed by atoms with Gasteiger partial charge in [-0.25, -0.2) is 15.0 Å².